The molecule has 0 bridgehead atoms. The fourth-order valence-corrected chi connectivity index (χ4v) is 5.51. The van der Waals surface area contributed by atoms with Gasteiger partial charge in [-0.2, -0.15) is 0 Å². The summed E-state index contributed by atoms with van der Waals surface area (Å²) in [4.78, 5) is 0. The van der Waals surface area contributed by atoms with E-state index in [2.05, 4.69) is 67.6 Å². The fourth-order valence-electron chi connectivity index (χ4n) is 5.51. The molecule has 1 N–H and O–H groups in total. The zero-order valence-corrected chi connectivity index (χ0v) is 16.4. The first-order valence-electron chi connectivity index (χ1n) is 10.7. The second-order valence-electron chi connectivity index (χ2n) is 8.14. The van der Waals surface area contributed by atoms with Crippen LogP contribution >= 0.6 is 0 Å². The topological polar surface area (TPSA) is 23.9 Å². The van der Waals surface area contributed by atoms with Crippen molar-refractivity contribution in [3.8, 4) is 0 Å². The van der Waals surface area contributed by atoms with Gasteiger partial charge in [0, 0.05) is 11.8 Å². The highest BCUT2D eigenvalue weighted by Gasteiger charge is 2.36. The van der Waals surface area contributed by atoms with E-state index < -0.39 is 0 Å². The van der Waals surface area contributed by atoms with Gasteiger partial charge in [0.25, 0.3) is 0 Å². The molecule has 0 saturated carbocycles. The molecule has 0 heterocycles. The van der Waals surface area contributed by atoms with E-state index in [4.69, 9.17) is 5.41 Å². The summed E-state index contributed by atoms with van der Waals surface area (Å²) in [5, 5.41) is 10.5. The standard InChI is InChI=1S/C26H31N/c1-2-19(13-10-18-27)25-21-14-6-8-16-23(21)26(20-11-4-3-5-12-20)24-17-9-7-15-22(24)25/h3-8,11,14-16,18-20,22,24,27H,2,9-10,12-13,17H2,1H3. The number of hydrogen-bond donors (Lipinski definition) is 1. The lowest BCUT2D eigenvalue weighted by Crippen LogP contribution is -2.43. The summed E-state index contributed by atoms with van der Waals surface area (Å²) in [6, 6.07) is 9.16. The van der Waals surface area contributed by atoms with Gasteiger partial charge in [0.2, 0.25) is 0 Å². The monoisotopic (exact) mass is 357 g/mol. The second kappa shape index (κ2) is 8.25. The molecule has 3 aliphatic carbocycles. The highest BCUT2D eigenvalue weighted by atomic mass is 14.4. The number of rotatable bonds is 6. The van der Waals surface area contributed by atoms with Crippen LogP contribution in [-0.4, -0.2) is 6.21 Å². The van der Waals surface area contributed by atoms with Crippen LogP contribution in [0.4, 0.5) is 0 Å². The van der Waals surface area contributed by atoms with Crippen molar-refractivity contribution >= 4 is 17.4 Å². The van der Waals surface area contributed by atoms with Crippen molar-refractivity contribution in [1.82, 2.24) is 0 Å². The van der Waals surface area contributed by atoms with Gasteiger partial charge in [-0.05, 0) is 67.0 Å². The SMILES string of the molecule is CCC(CCC=N)C1=c2ccccc2=C(C2C=CC=CC2)C2CCC=CC12. The maximum absolute atomic E-state index is 7.51. The minimum Gasteiger partial charge on any atom is -0.313 e. The molecule has 3 aliphatic rings. The summed E-state index contributed by atoms with van der Waals surface area (Å²) in [5.41, 5.74) is 3.32. The first kappa shape index (κ1) is 18.2. The average molecular weight is 358 g/mol. The normalized spacial score (nSPS) is 27.2. The average Bonchev–Trinajstić information content (AvgIpc) is 2.74. The molecule has 0 fully saturated rings. The molecule has 0 aliphatic heterocycles. The highest BCUT2D eigenvalue weighted by molar-refractivity contribution is 5.68. The van der Waals surface area contributed by atoms with Crippen molar-refractivity contribution in [2.45, 2.75) is 45.4 Å². The van der Waals surface area contributed by atoms with E-state index in [-0.39, 0.29) is 0 Å². The molecule has 1 aromatic rings. The van der Waals surface area contributed by atoms with Crippen LogP contribution in [0, 0.1) is 29.1 Å². The van der Waals surface area contributed by atoms with Crippen molar-refractivity contribution in [2.24, 2.45) is 23.7 Å². The summed E-state index contributed by atoms with van der Waals surface area (Å²) >= 11 is 0. The lowest BCUT2D eigenvalue weighted by molar-refractivity contribution is 0.449. The van der Waals surface area contributed by atoms with E-state index in [1.165, 1.54) is 23.3 Å². The Kier molecular flexibility index (Phi) is 5.57. The summed E-state index contributed by atoms with van der Waals surface area (Å²) in [5.74, 6) is 2.29. The van der Waals surface area contributed by atoms with Gasteiger partial charge in [-0.1, -0.05) is 78.8 Å². The number of allylic oxidation sites excluding steroid dienone is 6. The lowest BCUT2D eigenvalue weighted by Gasteiger charge is -2.40. The minimum atomic E-state index is 0.540. The third-order valence-corrected chi connectivity index (χ3v) is 6.70. The van der Waals surface area contributed by atoms with Crippen LogP contribution in [0.2, 0.25) is 0 Å². The largest absolute Gasteiger partial charge is 0.313 e. The first-order valence-corrected chi connectivity index (χ1v) is 10.7. The Morgan fingerprint density at radius 3 is 2.70 bits per heavy atom. The second-order valence-corrected chi connectivity index (χ2v) is 8.14. The van der Waals surface area contributed by atoms with Crippen LogP contribution in [0.1, 0.15) is 45.4 Å². The van der Waals surface area contributed by atoms with E-state index in [0.29, 0.717) is 23.7 Å². The summed E-state index contributed by atoms with van der Waals surface area (Å²) in [6.07, 6.45) is 22.4. The fraction of sp³-hybridized carbons (Fsp3) is 0.423. The first-order chi connectivity index (χ1) is 13.3. The van der Waals surface area contributed by atoms with Crippen molar-refractivity contribution in [2.75, 3.05) is 0 Å². The van der Waals surface area contributed by atoms with Gasteiger partial charge >= 0.3 is 0 Å². The Hall–Kier alpha value is -2.15. The molecule has 4 atom stereocenters. The molecule has 0 spiro atoms. The maximum Gasteiger partial charge on any atom is 0.00549 e. The van der Waals surface area contributed by atoms with Crippen LogP contribution in [-0.2, 0) is 0 Å². The Labute approximate surface area is 163 Å². The Balaban J connectivity index is 1.96. The van der Waals surface area contributed by atoms with E-state index >= 15 is 0 Å². The van der Waals surface area contributed by atoms with E-state index in [1.807, 2.05) is 0 Å². The summed E-state index contributed by atoms with van der Waals surface area (Å²) < 4.78 is 0. The smallest absolute Gasteiger partial charge is 0.00549 e. The molecule has 0 radical (unpaired) electrons. The summed E-state index contributed by atoms with van der Waals surface area (Å²) in [6.45, 7) is 2.32. The predicted octanol–water partition coefficient (Wildman–Crippen LogP) is 5.17. The molecule has 1 aromatic carbocycles. The molecule has 4 rings (SSSR count). The van der Waals surface area contributed by atoms with Crippen molar-refractivity contribution in [3.05, 3.63) is 71.2 Å². The Bertz CT molecular complexity index is 898. The molecule has 140 valence electrons. The Morgan fingerprint density at radius 2 is 1.96 bits per heavy atom. The molecule has 0 saturated heterocycles. The van der Waals surface area contributed by atoms with Crippen LogP contribution in [0.3, 0.4) is 0 Å². The van der Waals surface area contributed by atoms with Gasteiger partial charge in [0.05, 0.1) is 0 Å². The van der Waals surface area contributed by atoms with Gasteiger partial charge in [0.15, 0.2) is 0 Å². The third kappa shape index (κ3) is 3.40. The molecule has 0 amide bonds. The summed E-state index contributed by atoms with van der Waals surface area (Å²) in [7, 11) is 0. The molecule has 27 heavy (non-hydrogen) atoms. The maximum atomic E-state index is 7.51. The zero-order valence-electron chi connectivity index (χ0n) is 16.4. The number of nitrogens with one attached hydrogen (secondary N) is 1. The van der Waals surface area contributed by atoms with Crippen molar-refractivity contribution in [3.63, 3.8) is 0 Å². The molecular weight excluding hydrogens is 326 g/mol. The van der Waals surface area contributed by atoms with Crippen LogP contribution in [0.15, 0.2) is 60.7 Å². The van der Waals surface area contributed by atoms with Gasteiger partial charge in [0.1, 0.15) is 0 Å². The van der Waals surface area contributed by atoms with E-state index in [1.54, 1.807) is 17.4 Å². The van der Waals surface area contributed by atoms with Gasteiger partial charge in [-0.3, -0.25) is 0 Å². The van der Waals surface area contributed by atoms with Crippen molar-refractivity contribution < 1.29 is 0 Å². The van der Waals surface area contributed by atoms with E-state index in [0.717, 1.165) is 25.7 Å². The minimum absolute atomic E-state index is 0.540. The molecule has 1 heteroatoms. The van der Waals surface area contributed by atoms with Crippen LogP contribution < -0.4 is 10.4 Å². The number of fused-ring (bicyclic) bond motifs is 2. The lowest BCUT2D eigenvalue weighted by atomic mass is 9.64. The third-order valence-electron chi connectivity index (χ3n) is 6.70. The Morgan fingerprint density at radius 1 is 1.11 bits per heavy atom. The highest BCUT2D eigenvalue weighted by Crippen LogP contribution is 2.45. The number of hydrogen-bond acceptors (Lipinski definition) is 1. The van der Waals surface area contributed by atoms with Crippen LogP contribution in [0.25, 0.3) is 11.1 Å². The molecule has 4 unspecified atom stereocenters. The molecule has 0 aromatic heterocycles. The quantitative estimate of drug-likeness (QED) is 0.536. The molecule has 1 nitrogen and oxygen atoms in total. The predicted molar refractivity (Wildman–Crippen MR) is 116 cm³/mol. The van der Waals surface area contributed by atoms with Gasteiger partial charge < -0.3 is 5.41 Å². The van der Waals surface area contributed by atoms with Gasteiger partial charge in [-0.15, -0.1) is 0 Å². The number of benzene rings is 1. The van der Waals surface area contributed by atoms with Crippen molar-refractivity contribution in [1.29, 1.82) is 5.41 Å². The van der Waals surface area contributed by atoms with Crippen LogP contribution in [0.5, 0.6) is 0 Å². The molecular formula is C26H31N. The zero-order chi connectivity index (χ0) is 18.6. The van der Waals surface area contributed by atoms with E-state index in [9.17, 15) is 0 Å². The van der Waals surface area contributed by atoms with Gasteiger partial charge in [-0.25, -0.2) is 0 Å².